The highest BCUT2D eigenvalue weighted by Gasteiger charge is 2.53. The van der Waals surface area contributed by atoms with Crippen LogP contribution in [0.5, 0.6) is 0 Å². The molecule has 2 heteroatoms. The lowest BCUT2D eigenvalue weighted by Crippen LogP contribution is -2.34. The lowest BCUT2D eigenvalue weighted by molar-refractivity contribution is 0.292. The first kappa shape index (κ1) is 9.46. The third kappa shape index (κ3) is 1.27. The van der Waals surface area contributed by atoms with E-state index in [4.69, 9.17) is 10.2 Å². The second-order valence-corrected chi connectivity index (χ2v) is 5.43. The fourth-order valence-corrected chi connectivity index (χ4v) is 3.45. The number of rotatable bonds is 1. The van der Waals surface area contributed by atoms with Crippen LogP contribution < -0.4 is 5.73 Å². The largest absolute Gasteiger partial charge is 0.466 e. The van der Waals surface area contributed by atoms with Crippen molar-refractivity contribution in [2.24, 2.45) is 11.1 Å². The lowest BCUT2D eigenvalue weighted by atomic mass is 9.72. The lowest BCUT2D eigenvalue weighted by Gasteiger charge is -2.34. The molecular formula is C13H19NO. The van der Waals surface area contributed by atoms with Crippen LogP contribution >= 0.6 is 0 Å². The van der Waals surface area contributed by atoms with Crippen molar-refractivity contribution in [3.05, 3.63) is 23.2 Å². The van der Waals surface area contributed by atoms with E-state index >= 15 is 0 Å². The summed E-state index contributed by atoms with van der Waals surface area (Å²) in [5, 5.41) is 0. The number of furan rings is 1. The molecule has 0 radical (unpaired) electrons. The van der Waals surface area contributed by atoms with E-state index in [1.54, 1.807) is 0 Å². The summed E-state index contributed by atoms with van der Waals surface area (Å²) < 4.78 is 5.75. The molecule has 1 fully saturated rings. The van der Waals surface area contributed by atoms with Gasteiger partial charge in [0.1, 0.15) is 11.5 Å². The van der Waals surface area contributed by atoms with Crippen molar-refractivity contribution in [2.45, 2.75) is 51.5 Å². The zero-order valence-electron chi connectivity index (χ0n) is 9.55. The molecule has 1 aromatic heterocycles. The van der Waals surface area contributed by atoms with Gasteiger partial charge in [0.2, 0.25) is 0 Å². The fourth-order valence-electron chi connectivity index (χ4n) is 3.45. The van der Waals surface area contributed by atoms with Gasteiger partial charge in [0, 0.05) is 18.4 Å². The van der Waals surface area contributed by atoms with Crippen LogP contribution in [0.3, 0.4) is 0 Å². The van der Waals surface area contributed by atoms with E-state index in [9.17, 15) is 0 Å². The van der Waals surface area contributed by atoms with Crippen LogP contribution in [0, 0.1) is 12.3 Å². The molecule has 2 N–H and O–H groups in total. The highest BCUT2D eigenvalue weighted by atomic mass is 16.3. The Morgan fingerprint density at radius 3 is 2.80 bits per heavy atom. The van der Waals surface area contributed by atoms with E-state index in [1.807, 2.05) is 6.92 Å². The third-order valence-corrected chi connectivity index (χ3v) is 4.23. The number of fused-ring (bicyclic) bond motifs is 1. The predicted octanol–water partition coefficient (Wildman–Crippen LogP) is 2.75. The Kier molecular flexibility index (Phi) is 1.82. The topological polar surface area (TPSA) is 39.2 Å². The van der Waals surface area contributed by atoms with Crippen molar-refractivity contribution in [1.29, 1.82) is 0 Å². The van der Waals surface area contributed by atoms with Crippen LogP contribution in [0.25, 0.3) is 0 Å². The first-order valence-electron chi connectivity index (χ1n) is 5.97. The van der Waals surface area contributed by atoms with Crippen LogP contribution in [0.1, 0.15) is 49.2 Å². The molecule has 0 aliphatic heterocycles. The maximum Gasteiger partial charge on any atom is 0.107 e. The van der Waals surface area contributed by atoms with Crippen molar-refractivity contribution in [3.8, 4) is 0 Å². The molecule has 0 saturated heterocycles. The van der Waals surface area contributed by atoms with Gasteiger partial charge in [0.05, 0.1) is 0 Å². The van der Waals surface area contributed by atoms with Gasteiger partial charge in [0.15, 0.2) is 0 Å². The van der Waals surface area contributed by atoms with Crippen molar-refractivity contribution in [3.63, 3.8) is 0 Å². The Morgan fingerprint density at radius 2 is 2.20 bits per heavy atom. The Morgan fingerprint density at radius 1 is 1.47 bits per heavy atom. The minimum atomic E-state index is 0.253. The number of nitrogens with two attached hydrogens (primary N) is 1. The Balaban J connectivity index is 2.07. The summed E-state index contributed by atoms with van der Waals surface area (Å²) in [6.07, 6.45) is 5.12. The van der Waals surface area contributed by atoms with E-state index in [0.29, 0.717) is 11.3 Å². The van der Waals surface area contributed by atoms with Crippen molar-refractivity contribution in [1.82, 2.24) is 0 Å². The summed E-state index contributed by atoms with van der Waals surface area (Å²) in [6, 6.07) is 2.46. The first-order chi connectivity index (χ1) is 7.12. The molecule has 3 rings (SSSR count). The molecule has 2 nitrogen and oxygen atoms in total. The molecular weight excluding hydrogens is 186 g/mol. The molecule has 15 heavy (non-hydrogen) atoms. The smallest absolute Gasteiger partial charge is 0.107 e. The van der Waals surface area contributed by atoms with Crippen LogP contribution in [0.15, 0.2) is 10.5 Å². The summed E-state index contributed by atoms with van der Waals surface area (Å²) in [5.41, 5.74) is 8.11. The molecule has 0 amide bonds. The van der Waals surface area contributed by atoms with Crippen LogP contribution in [-0.4, -0.2) is 6.04 Å². The second kappa shape index (κ2) is 2.88. The monoisotopic (exact) mass is 205 g/mol. The zero-order valence-corrected chi connectivity index (χ0v) is 9.55. The maximum atomic E-state index is 6.17. The van der Waals surface area contributed by atoms with Crippen molar-refractivity contribution in [2.75, 3.05) is 0 Å². The Labute approximate surface area is 90.8 Å². The van der Waals surface area contributed by atoms with Gasteiger partial charge in [-0.15, -0.1) is 0 Å². The molecule has 2 aliphatic carbocycles. The molecule has 1 saturated carbocycles. The van der Waals surface area contributed by atoms with Gasteiger partial charge in [-0.1, -0.05) is 0 Å². The quantitative estimate of drug-likeness (QED) is 0.765. The summed E-state index contributed by atoms with van der Waals surface area (Å²) in [6.45, 7) is 4.18. The van der Waals surface area contributed by atoms with E-state index in [0.717, 1.165) is 12.2 Å². The minimum absolute atomic E-state index is 0.253. The fraction of sp³-hybridized carbons (Fsp3) is 0.692. The summed E-state index contributed by atoms with van der Waals surface area (Å²) >= 11 is 0. The molecule has 0 bridgehead atoms. The molecule has 2 atom stereocenters. The number of hydrogen-bond donors (Lipinski definition) is 1. The molecule has 2 aliphatic rings. The van der Waals surface area contributed by atoms with Crippen LogP contribution in [-0.2, 0) is 6.42 Å². The summed E-state index contributed by atoms with van der Waals surface area (Å²) in [7, 11) is 0. The van der Waals surface area contributed by atoms with Crippen molar-refractivity contribution >= 4 is 0 Å². The van der Waals surface area contributed by atoms with Gasteiger partial charge < -0.3 is 10.2 Å². The average molecular weight is 205 g/mol. The first-order valence-corrected chi connectivity index (χ1v) is 5.97. The van der Waals surface area contributed by atoms with E-state index < -0.39 is 0 Å². The van der Waals surface area contributed by atoms with Gasteiger partial charge in [-0.2, -0.15) is 0 Å². The Bertz CT molecular complexity index is 387. The molecule has 2 unspecified atom stereocenters. The van der Waals surface area contributed by atoms with Crippen LogP contribution in [0.2, 0.25) is 0 Å². The van der Waals surface area contributed by atoms with Gasteiger partial charge >= 0.3 is 0 Å². The average Bonchev–Trinajstić information content (AvgIpc) is 2.80. The maximum absolute atomic E-state index is 6.17. The molecule has 1 aromatic rings. The highest BCUT2D eigenvalue weighted by molar-refractivity contribution is 5.34. The SMILES string of the molecule is Cc1cc2c(o1)CCC1(CC1)C2C(C)N. The Hall–Kier alpha value is -0.760. The standard InChI is InChI=1S/C13H19NO/c1-8-7-10-11(15-8)3-4-13(5-6-13)12(10)9(2)14/h7,9,12H,3-6,14H2,1-2H3. The van der Waals surface area contributed by atoms with E-state index in [2.05, 4.69) is 13.0 Å². The normalized spacial score (nSPS) is 28.9. The van der Waals surface area contributed by atoms with E-state index in [-0.39, 0.29) is 6.04 Å². The van der Waals surface area contributed by atoms with Gasteiger partial charge in [-0.05, 0) is 50.2 Å². The summed E-state index contributed by atoms with van der Waals surface area (Å²) in [5.74, 6) is 2.79. The molecule has 82 valence electrons. The third-order valence-electron chi connectivity index (χ3n) is 4.23. The highest BCUT2D eigenvalue weighted by Crippen LogP contribution is 2.62. The van der Waals surface area contributed by atoms with Gasteiger partial charge in [-0.3, -0.25) is 0 Å². The minimum Gasteiger partial charge on any atom is -0.466 e. The van der Waals surface area contributed by atoms with Gasteiger partial charge in [0.25, 0.3) is 0 Å². The van der Waals surface area contributed by atoms with Crippen molar-refractivity contribution < 1.29 is 4.42 Å². The molecule has 1 spiro atoms. The van der Waals surface area contributed by atoms with Gasteiger partial charge in [-0.25, -0.2) is 0 Å². The predicted molar refractivity (Wildman–Crippen MR) is 59.8 cm³/mol. The second-order valence-electron chi connectivity index (χ2n) is 5.43. The van der Waals surface area contributed by atoms with E-state index in [1.165, 1.54) is 30.6 Å². The molecule has 1 heterocycles. The summed E-state index contributed by atoms with van der Waals surface area (Å²) in [4.78, 5) is 0. The number of aryl methyl sites for hydroxylation is 2. The molecule has 0 aromatic carbocycles. The zero-order chi connectivity index (χ0) is 10.6. The number of hydrogen-bond acceptors (Lipinski definition) is 2. The van der Waals surface area contributed by atoms with Crippen LogP contribution in [0.4, 0.5) is 0 Å².